The van der Waals surface area contributed by atoms with Crippen molar-refractivity contribution in [1.29, 1.82) is 0 Å². The molecule has 2 rings (SSSR count). The molecule has 1 N–H and O–H groups in total. The maximum Gasteiger partial charge on any atom is 0.137 e. The van der Waals surface area contributed by atoms with Gasteiger partial charge < -0.3 is 5.32 Å². The van der Waals surface area contributed by atoms with Crippen LogP contribution in [0.4, 0.5) is 0 Å². The van der Waals surface area contributed by atoms with Crippen LogP contribution in [0.3, 0.4) is 0 Å². The molecule has 1 saturated carbocycles. The van der Waals surface area contributed by atoms with Crippen LogP contribution in [0, 0.1) is 5.92 Å². The number of hydrogen-bond acceptors (Lipinski definition) is 2. The van der Waals surface area contributed by atoms with Crippen molar-refractivity contribution >= 4 is 5.78 Å². The predicted octanol–water partition coefficient (Wildman–Crippen LogP) is 2.28. The zero-order valence-electron chi connectivity index (χ0n) is 9.09. The van der Waals surface area contributed by atoms with Crippen molar-refractivity contribution in [2.45, 2.75) is 64.0 Å². The standard InChI is InChI=1S/C12H21NO/c1-2-4-9-7-8-10-11(13-9)5-3-6-12(10)14/h9-11,13H,2-8H2,1H3. The summed E-state index contributed by atoms with van der Waals surface area (Å²) in [6, 6.07) is 1.20. The van der Waals surface area contributed by atoms with Crippen molar-refractivity contribution in [3.63, 3.8) is 0 Å². The molecule has 2 fully saturated rings. The third-order valence-corrected chi connectivity index (χ3v) is 3.75. The third kappa shape index (κ3) is 2.00. The van der Waals surface area contributed by atoms with Gasteiger partial charge in [0.05, 0.1) is 0 Å². The lowest BCUT2D eigenvalue weighted by molar-refractivity contribution is -0.126. The van der Waals surface area contributed by atoms with Crippen LogP contribution in [0.15, 0.2) is 0 Å². The Balaban J connectivity index is 1.93. The zero-order valence-corrected chi connectivity index (χ0v) is 9.09. The summed E-state index contributed by atoms with van der Waals surface area (Å²) in [5.74, 6) is 0.876. The molecule has 3 unspecified atom stereocenters. The van der Waals surface area contributed by atoms with Crippen molar-refractivity contribution in [1.82, 2.24) is 5.32 Å². The summed E-state index contributed by atoms with van der Waals surface area (Å²) in [5.41, 5.74) is 0. The van der Waals surface area contributed by atoms with Crippen LogP contribution in [0.1, 0.15) is 51.9 Å². The first-order valence-corrected chi connectivity index (χ1v) is 6.10. The maximum atomic E-state index is 11.7. The van der Waals surface area contributed by atoms with Gasteiger partial charge in [0.15, 0.2) is 0 Å². The Hall–Kier alpha value is -0.370. The minimum absolute atomic E-state index is 0.358. The van der Waals surface area contributed by atoms with Crippen LogP contribution in [0.25, 0.3) is 0 Å². The molecule has 0 spiro atoms. The molecular formula is C12H21NO. The molecular weight excluding hydrogens is 174 g/mol. The predicted molar refractivity (Wildman–Crippen MR) is 57.2 cm³/mol. The largest absolute Gasteiger partial charge is 0.311 e. The molecule has 0 amide bonds. The molecule has 2 nitrogen and oxygen atoms in total. The highest BCUT2D eigenvalue weighted by Gasteiger charge is 2.36. The Bertz CT molecular complexity index is 214. The Labute approximate surface area is 86.5 Å². The number of rotatable bonds is 2. The average Bonchev–Trinajstić information content (AvgIpc) is 2.18. The van der Waals surface area contributed by atoms with E-state index in [-0.39, 0.29) is 0 Å². The quantitative estimate of drug-likeness (QED) is 0.732. The Morgan fingerprint density at radius 1 is 1.36 bits per heavy atom. The first-order valence-electron chi connectivity index (χ1n) is 6.10. The topological polar surface area (TPSA) is 29.1 Å². The van der Waals surface area contributed by atoms with E-state index in [1.807, 2.05) is 0 Å². The van der Waals surface area contributed by atoms with Gasteiger partial charge in [-0.25, -0.2) is 0 Å². The molecule has 14 heavy (non-hydrogen) atoms. The second-order valence-electron chi connectivity index (χ2n) is 4.80. The van der Waals surface area contributed by atoms with Crippen LogP contribution in [-0.4, -0.2) is 17.9 Å². The lowest BCUT2D eigenvalue weighted by Crippen LogP contribution is -2.51. The molecule has 1 aliphatic carbocycles. The van der Waals surface area contributed by atoms with E-state index in [1.165, 1.54) is 25.7 Å². The maximum absolute atomic E-state index is 11.7. The van der Waals surface area contributed by atoms with E-state index in [0.717, 1.165) is 19.3 Å². The van der Waals surface area contributed by atoms with E-state index >= 15 is 0 Å². The van der Waals surface area contributed by atoms with Gasteiger partial charge in [0.1, 0.15) is 5.78 Å². The van der Waals surface area contributed by atoms with E-state index in [4.69, 9.17) is 0 Å². The van der Waals surface area contributed by atoms with E-state index in [2.05, 4.69) is 12.2 Å². The number of hydrogen-bond donors (Lipinski definition) is 1. The number of carbonyl (C=O) groups is 1. The second kappa shape index (κ2) is 4.43. The summed E-state index contributed by atoms with van der Waals surface area (Å²) < 4.78 is 0. The smallest absolute Gasteiger partial charge is 0.137 e. The van der Waals surface area contributed by atoms with Gasteiger partial charge in [0.2, 0.25) is 0 Å². The summed E-state index contributed by atoms with van der Waals surface area (Å²) in [5, 5.41) is 3.67. The van der Waals surface area contributed by atoms with Crippen LogP contribution in [-0.2, 0) is 4.79 Å². The number of piperidine rings is 1. The second-order valence-corrected chi connectivity index (χ2v) is 4.80. The first-order chi connectivity index (χ1) is 6.81. The average molecular weight is 195 g/mol. The highest BCUT2D eigenvalue weighted by Crippen LogP contribution is 2.30. The first kappa shape index (κ1) is 10.2. The molecule has 0 aromatic heterocycles. The van der Waals surface area contributed by atoms with E-state index in [9.17, 15) is 4.79 Å². The SMILES string of the molecule is CCCC1CCC2C(=O)CCCC2N1. The van der Waals surface area contributed by atoms with Crippen LogP contribution in [0.5, 0.6) is 0 Å². The summed E-state index contributed by atoms with van der Waals surface area (Å²) in [4.78, 5) is 11.7. The molecule has 1 saturated heterocycles. The molecule has 0 aromatic rings. The van der Waals surface area contributed by atoms with E-state index < -0.39 is 0 Å². The normalized spacial score (nSPS) is 38.1. The van der Waals surface area contributed by atoms with Crippen molar-refractivity contribution in [3.05, 3.63) is 0 Å². The summed E-state index contributed by atoms with van der Waals surface area (Å²) in [6.07, 6.45) is 8.03. The van der Waals surface area contributed by atoms with Crippen molar-refractivity contribution in [2.75, 3.05) is 0 Å². The number of ketones is 1. The van der Waals surface area contributed by atoms with Gasteiger partial charge in [0, 0.05) is 24.4 Å². The minimum atomic E-state index is 0.358. The van der Waals surface area contributed by atoms with Crippen LogP contribution in [0.2, 0.25) is 0 Å². The van der Waals surface area contributed by atoms with Gasteiger partial charge >= 0.3 is 0 Å². The lowest BCUT2D eigenvalue weighted by atomic mass is 9.76. The molecule has 0 bridgehead atoms. The van der Waals surface area contributed by atoms with Crippen molar-refractivity contribution in [2.24, 2.45) is 5.92 Å². The van der Waals surface area contributed by atoms with Crippen LogP contribution >= 0.6 is 0 Å². The van der Waals surface area contributed by atoms with Gasteiger partial charge in [-0.15, -0.1) is 0 Å². The van der Waals surface area contributed by atoms with Crippen molar-refractivity contribution < 1.29 is 4.79 Å². The molecule has 0 radical (unpaired) electrons. The van der Waals surface area contributed by atoms with Gasteiger partial charge in [-0.2, -0.15) is 0 Å². The van der Waals surface area contributed by atoms with E-state index in [1.54, 1.807) is 0 Å². The third-order valence-electron chi connectivity index (χ3n) is 3.75. The minimum Gasteiger partial charge on any atom is -0.311 e. The Morgan fingerprint density at radius 2 is 2.21 bits per heavy atom. The lowest BCUT2D eigenvalue weighted by Gasteiger charge is -2.39. The molecule has 80 valence electrons. The summed E-state index contributed by atoms with van der Waals surface area (Å²) in [7, 11) is 0. The molecule has 2 aliphatic rings. The fourth-order valence-electron chi connectivity index (χ4n) is 3.01. The Morgan fingerprint density at radius 3 is 3.00 bits per heavy atom. The number of carbonyl (C=O) groups excluding carboxylic acids is 1. The molecule has 0 aromatic carbocycles. The van der Waals surface area contributed by atoms with Gasteiger partial charge in [-0.1, -0.05) is 13.3 Å². The zero-order chi connectivity index (χ0) is 9.97. The van der Waals surface area contributed by atoms with Gasteiger partial charge in [0.25, 0.3) is 0 Å². The van der Waals surface area contributed by atoms with Gasteiger partial charge in [-0.05, 0) is 32.1 Å². The molecule has 1 heterocycles. The number of nitrogens with one attached hydrogen (secondary N) is 1. The van der Waals surface area contributed by atoms with Crippen molar-refractivity contribution in [3.8, 4) is 0 Å². The number of Topliss-reactive ketones (excluding diaryl/α,β-unsaturated/α-hetero) is 1. The highest BCUT2D eigenvalue weighted by molar-refractivity contribution is 5.82. The van der Waals surface area contributed by atoms with Crippen LogP contribution < -0.4 is 5.32 Å². The van der Waals surface area contributed by atoms with Gasteiger partial charge in [-0.3, -0.25) is 4.79 Å². The fourth-order valence-corrected chi connectivity index (χ4v) is 3.01. The molecule has 3 atom stereocenters. The molecule has 1 aliphatic heterocycles. The van der Waals surface area contributed by atoms with E-state index in [0.29, 0.717) is 23.8 Å². The highest BCUT2D eigenvalue weighted by atomic mass is 16.1. The monoisotopic (exact) mass is 195 g/mol. The Kier molecular flexibility index (Phi) is 3.22. The summed E-state index contributed by atoms with van der Waals surface area (Å²) >= 11 is 0. The molecule has 2 heteroatoms. The number of fused-ring (bicyclic) bond motifs is 1. The fraction of sp³-hybridized carbons (Fsp3) is 0.917. The summed E-state index contributed by atoms with van der Waals surface area (Å²) in [6.45, 7) is 2.24.